The van der Waals surface area contributed by atoms with Crippen molar-refractivity contribution in [2.24, 2.45) is 5.92 Å². The first kappa shape index (κ1) is 16.2. The van der Waals surface area contributed by atoms with Crippen LogP contribution in [0, 0.1) is 5.92 Å². The Hall–Kier alpha value is -1.84. The Kier molecular flexibility index (Phi) is 6.22. The van der Waals surface area contributed by atoms with Crippen LogP contribution in [0.15, 0.2) is 30.3 Å². The number of likely N-dealkylation sites (N-methyl/N-ethyl adjacent to an activating group) is 1. The fourth-order valence-electron chi connectivity index (χ4n) is 2.28. The Bertz CT molecular complexity index is 444. The zero-order chi connectivity index (χ0) is 15.1. The maximum absolute atomic E-state index is 12.2. The first-order chi connectivity index (χ1) is 9.47. The van der Waals surface area contributed by atoms with E-state index in [1.54, 1.807) is 7.05 Å². The van der Waals surface area contributed by atoms with Gasteiger partial charge < -0.3 is 10.0 Å². The number of carbonyl (C=O) groups is 2. The van der Waals surface area contributed by atoms with Gasteiger partial charge in [0.1, 0.15) is 6.04 Å². The van der Waals surface area contributed by atoms with Crippen molar-refractivity contribution in [3.8, 4) is 0 Å². The SMILES string of the molecule is CCCC(C)C(=O)N(C)C(Cc1ccccc1)C(=O)O. The zero-order valence-corrected chi connectivity index (χ0v) is 12.4. The highest BCUT2D eigenvalue weighted by Gasteiger charge is 2.28. The van der Waals surface area contributed by atoms with E-state index >= 15 is 0 Å². The Morgan fingerprint density at radius 3 is 2.35 bits per heavy atom. The summed E-state index contributed by atoms with van der Waals surface area (Å²) in [5.74, 6) is -1.20. The summed E-state index contributed by atoms with van der Waals surface area (Å²) in [6.45, 7) is 3.87. The van der Waals surface area contributed by atoms with Gasteiger partial charge in [-0.1, -0.05) is 50.6 Å². The quantitative estimate of drug-likeness (QED) is 0.833. The van der Waals surface area contributed by atoms with Gasteiger partial charge in [-0.3, -0.25) is 4.79 Å². The number of carboxylic acids is 1. The zero-order valence-electron chi connectivity index (χ0n) is 12.4. The van der Waals surface area contributed by atoms with E-state index in [2.05, 4.69) is 0 Å². The molecule has 0 aliphatic carbocycles. The first-order valence-electron chi connectivity index (χ1n) is 7.00. The number of benzene rings is 1. The van der Waals surface area contributed by atoms with Crippen LogP contribution in [0.2, 0.25) is 0 Å². The minimum atomic E-state index is -0.964. The minimum Gasteiger partial charge on any atom is -0.480 e. The molecule has 0 aliphatic heterocycles. The summed E-state index contributed by atoms with van der Waals surface area (Å²) >= 11 is 0. The Morgan fingerprint density at radius 1 is 1.25 bits per heavy atom. The number of rotatable bonds is 7. The number of carbonyl (C=O) groups excluding carboxylic acids is 1. The maximum atomic E-state index is 12.2. The van der Waals surface area contributed by atoms with Crippen LogP contribution in [0.4, 0.5) is 0 Å². The molecule has 0 spiro atoms. The van der Waals surface area contributed by atoms with Crippen LogP contribution in [0.5, 0.6) is 0 Å². The third kappa shape index (κ3) is 4.37. The van der Waals surface area contributed by atoms with Crippen LogP contribution < -0.4 is 0 Å². The average molecular weight is 277 g/mol. The number of carboxylic acid groups (broad SMARTS) is 1. The van der Waals surface area contributed by atoms with E-state index in [1.807, 2.05) is 44.2 Å². The average Bonchev–Trinajstić information content (AvgIpc) is 2.44. The van der Waals surface area contributed by atoms with Crippen molar-refractivity contribution in [1.29, 1.82) is 0 Å². The van der Waals surface area contributed by atoms with Crippen molar-refractivity contribution in [2.75, 3.05) is 7.05 Å². The van der Waals surface area contributed by atoms with Gasteiger partial charge in [0.05, 0.1) is 0 Å². The van der Waals surface area contributed by atoms with Crippen LogP contribution in [-0.4, -0.2) is 35.0 Å². The van der Waals surface area contributed by atoms with Crippen molar-refractivity contribution in [3.05, 3.63) is 35.9 Å². The highest BCUT2D eigenvalue weighted by Crippen LogP contribution is 2.14. The minimum absolute atomic E-state index is 0.102. The normalized spacial score (nSPS) is 13.6. The molecular weight excluding hydrogens is 254 g/mol. The van der Waals surface area contributed by atoms with Gasteiger partial charge in [0.2, 0.25) is 5.91 Å². The van der Waals surface area contributed by atoms with E-state index in [4.69, 9.17) is 0 Å². The molecule has 4 nitrogen and oxygen atoms in total. The molecule has 0 bridgehead atoms. The molecule has 0 heterocycles. The molecule has 2 unspecified atom stereocenters. The maximum Gasteiger partial charge on any atom is 0.326 e. The predicted molar refractivity (Wildman–Crippen MR) is 78.4 cm³/mol. The van der Waals surface area contributed by atoms with Crippen LogP contribution in [-0.2, 0) is 16.0 Å². The molecule has 1 aromatic carbocycles. The smallest absolute Gasteiger partial charge is 0.326 e. The molecule has 1 rings (SSSR count). The van der Waals surface area contributed by atoms with Crippen molar-refractivity contribution >= 4 is 11.9 Å². The second-order valence-corrected chi connectivity index (χ2v) is 5.18. The van der Waals surface area contributed by atoms with Gasteiger partial charge in [-0.2, -0.15) is 0 Å². The van der Waals surface area contributed by atoms with Crippen molar-refractivity contribution < 1.29 is 14.7 Å². The fraction of sp³-hybridized carbons (Fsp3) is 0.500. The lowest BCUT2D eigenvalue weighted by Gasteiger charge is -2.27. The van der Waals surface area contributed by atoms with E-state index in [-0.39, 0.29) is 11.8 Å². The number of aliphatic carboxylic acids is 1. The molecule has 20 heavy (non-hydrogen) atoms. The predicted octanol–water partition coefficient (Wildman–Crippen LogP) is 2.58. The Morgan fingerprint density at radius 2 is 1.85 bits per heavy atom. The van der Waals surface area contributed by atoms with Gasteiger partial charge in [0, 0.05) is 19.4 Å². The van der Waals surface area contributed by atoms with Crippen LogP contribution >= 0.6 is 0 Å². The molecule has 0 radical (unpaired) electrons. The van der Waals surface area contributed by atoms with E-state index in [9.17, 15) is 14.7 Å². The summed E-state index contributed by atoms with van der Waals surface area (Å²) in [4.78, 5) is 25.0. The summed E-state index contributed by atoms with van der Waals surface area (Å²) in [7, 11) is 1.58. The Balaban J connectivity index is 2.80. The lowest BCUT2D eigenvalue weighted by atomic mass is 10.0. The number of amides is 1. The van der Waals surface area contributed by atoms with Crippen LogP contribution in [0.1, 0.15) is 32.3 Å². The summed E-state index contributed by atoms with van der Waals surface area (Å²) in [5.41, 5.74) is 0.919. The molecule has 110 valence electrons. The third-order valence-electron chi connectivity index (χ3n) is 3.52. The number of hydrogen-bond acceptors (Lipinski definition) is 2. The molecule has 0 saturated carbocycles. The van der Waals surface area contributed by atoms with Crippen molar-refractivity contribution in [1.82, 2.24) is 4.90 Å². The topological polar surface area (TPSA) is 57.6 Å². The van der Waals surface area contributed by atoms with Crippen LogP contribution in [0.25, 0.3) is 0 Å². The van der Waals surface area contributed by atoms with Gasteiger partial charge in [-0.05, 0) is 12.0 Å². The van der Waals surface area contributed by atoms with Gasteiger partial charge in [-0.25, -0.2) is 4.79 Å². The highest BCUT2D eigenvalue weighted by molar-refractivity contribution is 5.84. The molecular formula is C16H23NO3. The molecule has 0 fully saturated rings. The van der Waals surface area contributed by atoms with E-state index < -0.39 is 12.0 Å². The molecule has 1 aromatic rings. The molecule has 4 heteroatoms. The molecule has 1 amide bonds. The molecule has 1 N–H and O–H groups in total. The number of nitrogens with zero attached hydrogens (tertiary/aromatic N) is 1. The third-order valence-corrected chi connectivity index (χ3v) is 3.52. The van der Waals surface area contributed by atoms with Crippen molar-refractivity contribution in [3.63, 3.8) is 0 Å². The monoisotopic (exact) mass is 277 g/mol. The summed E-state index contributed by atoms with van der Waals surface area (Å²) in [5, 5.41) is 9.37. The highest BCUT2D eigenvalue weighted by atomic mass is 16.4. The van der Waals surface area contributed by atoms with Crippen molar-refractivity contribution in [2.45, 2.75) is 39.2 Å². The van der Waals surface area contributed by atoms with Gasteiger partial charge >= 0.3 is 5.97 Å². The number of hydrogen-bond donors (Lipinski definition) is 1. The molecule has 0 aromatic heterocycles. The van der Waals surface area contributed by atoms with E-state index in [1.165, 1.54) is 4.90 Å². The molecule has 2 atom stereocenters. The lowest BCUT2D eigenvalue weighted by molar-refractivity contribution is -0.150. The molecule has 0 aliphatic rings. The lowest BCUT2D eigenvalue weighted by Crippen LogP contribution is -2.45. The Labute approximate surface area is 120 Å². The van der Waals surface area contributed by atoms with Gasteiger partial charge in [0.25, 0.3) is 0 Å². The first-order valence-corrected chi connectivity index (χ1v) is 7.00. The van der Waals surface area contributed by atoms with Gasteiger partial charge in [0.15, 0.2) is 0 Å². The molecule has 0 saturated heterocycles. The fourth-order valence-corrected chi connectivity index (χ4v) is 2.28. The van der Waals surface area contributed by atoms with Crippen LogP contribution in [0.3, 0.4) is 0 Å². The standard InChI is InChI=1S/C16H23NO3/c1-4-8-12(2)15(18)17(3)14(16(19)20)11-13-9-6-5-7-10-13/h5-7,9-10,12,14H,4,8,11H2,1-3H3,(H,19,20). The van der Waals surface area contributed by atoms with E-state index in [0.717, 1.165) is 18.4 Å². The summed E-state index contributed by atoms with van der Waals surface area (Å²) < 4.78 is 0. The second-order valence-electron chi connectivity index (χ2n) is 5.18. The largest absolute Gasteiger partial charge is 0.480 e. The summed E-state index contributed by atoms with van der Waals surface area (Å²) in [6, 6.07) is 8.57. The summed E-state index contributed by atoms with van der Waals surface area (Å²) in [6.07, 6.45) is 2.02. The second kappa shape index (κ2) is 7.68. The van der Waals surface area contributed by atoms with Gasteiger partial charge in [-0.15, -0.1) is 0 Å². The van der Waals surface area contributed by atoms with E-state index in [0.29, 0.717) is 6.42 Å².